The van der Waals surface area contributed by atoms with Crippen LogP contribution in [0.15, 0.2) is 42.5 Å². The van der Waals surface area contributed by atoms with Crippen molar-refractivity contribution in [2.45, 2.75) is 19.9 Å². The fraction of sp³-hybridized carbons (Fsp3) is 0.304. The lowest BCUT2D eigenvalue weighted by Crippen LogP contribution is -2.50. The molecule has 0 bridgehead atoms. The average Bonchev–Trinajstić information content (AvgIpc) is 3.19. The Morgan fingerprint density at radius 1 is 1.09 bits per heavy atom. The van der Waals surface area contributed by atoms with Crippen LogP contribution in [0.4, 0.5) is 4.39 Å². The summed E-state index contributed by atoms with van der Waals surface area (Å²) in [6.07, 6.45) is 0.254. The van der Waals surface area contributed by atoms with Crippen LogP contribution in [0, 0.1) is 17.5 Å². The summed E-state index contributed by atoms with van der Waals surface area (Å²) in [5, 5.41) is 7.42. The zero-order valence-corrected chi connectivity index (χ0v) is 19.6. The molecule has 2 heterocycles. The maximum Gasteiger partial charge on any atom is 0.257 e. The van der Waals surface area contributed by atoms with E-state index in [4.69, 9.17) is 23.8 Å². The zero-order chi connectivity index (χ0) is 23.5. The number of hydrogen-bond donors (Lipinski definition) is 1. The van der Waals surface area contributed by atoms with Gasteiger partial charge in [0.1, 0.15) is 5.82 Å². The first kappa shape index (κ1) is 23.1. The van der Waals surface area contributed by atoms with Crippen LogP contribution in [0.5, 0.6) is 0 Å². The van der Waals surface area contributed by atoms with Crippen molar-refractivity contribution in [3.8, 4) is 11.4 Å². The molecule has 1 fully saturated rings. The molecule has 3 aromatic rings. The summed E-state index contributed by atoms with van der Waals surface area (Å²) in [6, 6.07) is 11.9. The van der Waals surface area contributed by atoms with E-state index in [1.165, 1.54) is 18.2 Å². The molecule has 4 rings (SSSR count). The zero-order valence-electron chi connectivity index (χ0n) is 18.1. The van der Waals surface area contributed by atoms with Crippen molar-refractivity contribution in [3.63, 3.8) is 0 Å². The highest BCUT2D eigenvalue weighted by Gasteiger charge is 2.26. The third-order valence-electron chi connectivity index (χ3n) is 5.70. The van der Waals surface area contributed by atoms with E-state index in [0.29, 0.717) is 48.3 Å². The Bertz CT molecular complexity index is 1230. The number of benzene rings is 2. The molecule has 2 amide bonds. The Labute approximate surface area is 200 Å². The second-order valence-corrected chi connectivity index (χ2v) is 8.74. The molecule has 1 N–H and O–H groups in total. The minimum absolute atomic E-state index is 0.0333. The third kappa shape index (κ3) is 5.15. The number of nitrogens with zero attached hydrogens (tertiary/aromatic N) is 4. The van der Waals surface area contributed by atoms with Gasteiger partial charge in [0.25, 0.3) is 5.91 Å². The van der Waals surface area contributed by atoms with E-state index >= 15 is 0 Å². The molecule has 1 saturated heterocycles. The first-order valence-corrected chi connectivity index (χ1v) is 11.4. The van der Waals surface area contributed by atoms with Gasteiger partial charge in [-0.05, 0) is 37.3 Å². The molecule has 0 spiro atoms. The maximum absolute atomic E-state index is 14.0. The monoisotopic (exact) mass is 487 g/mol. The lowest BCUT2D eigenvalue weighted by atomic mass is 10.1. The topological polar surface area (TPSA) is 74.2 Å². The lowest BCUT2D eigenvalue weighted by Gasteiger charge is -2.35. The molecule has 0 atom stereocenters. The molecule has 0 aliphatic carbocycles. The van der Waals surface area contributed by atoms with Crippen LogP contribution in [0.2, 0.25) is 5.02 Å². The number of aromatic amines is 1. The number of rotatable bonds is 5. The van der Waals surface area contributed by atoms with Crippen LogP contribution in [0.25, 0.3) is 11.4 Å². The summed E-state index contributed by atoms with van der Waals surface area (Å²) in [4.78, 5) is 28.7. The molecule has 2 aromatic carbocycles. The quantitative estimate of drug-likeness (QED) is 0.550. The number of aryl methyl sites for hydroxylation is 1. The third-order valence-corrected chi connectivity index (χ3v) is 6.24. The predicted octanol–water partition coefficient (Wildman–Crippen LogP) is 4.08. The maximum atomic E-state index is 14.0. The summed E-state index contributed by atoms with van der Waals surface area (Å²) in [6.45, 7) is 3.83. The summed E-state index contributed by atoms with van der Waals surface area (Å²) < 4.78 is 16.3. The van der Waals surface area contributed by atoms with Gasteiger partial charge in [-0.1, -0.05) is 41.4 Å². The normalized spacial score (nSPS) is 13.9. The highest BCUT2D eigenvalue weighted by Crippen LogP contribution is 2.20. The number of amides is 2. The lowest BCUT2D eigenvalue weighted by molar-refractivity contribution is -0.132. The summed E-state index contributed by atoms with van der Waals surface area (Å²) >= 11 is 11.3. The van der Waals surface area contributed by atoms with Crippen LogP contribution in [0.3, 0.4) is 0 Å². The van der Waals surface area contributed by atoms with Gasteiger partial charge < -0.3 is 9.80 Å². The minimum atomic E-state index is -0.607. The van der Waals surface area contributed by atoms with Crippen LogP contribution < -0.4 is 0 Å². The summed E-state index contributed by atoms with van der Waals surface area (Å²) in [5.74, 6) is -0.376. The van der Waals surface area contributed by atoms with Crippen molar-refractivity contribution in [1.82, 2.24) is 24.6 Å². The summed E-state index contributed by atoms with van der Waals surface area (Å²) in [7, 11) is 0. The predicted molar refractivity (Wildman–Crippen MR) is 126 cm³/mol. The number of hydrogen-bond acceptors (Lipinski definition) is 4. The second kappa shape index (κ2) is 9.84. The second-order valence-electron chi connectivity index (χ2n) is 7.92. The standard InChI is InChI=1S/C23H23ClFN5O2S/c1-15-2-4-16(5-3-15)21-26-27-23(33)30(21)9-8-20(31)28-10-12-29(13-11-28)22(32)18-14-17(24)6-7-19(18)25/h2-7,14H,8-13H2,1H3,(H,27,33). The van der Waals surface area contributed by atoms with E-state index in [0.717, 1.165) is 11.1 Å². The first-order chi connectivity index (χ1) is 15.8. The van der Waals surface area contributed by atoms with Crippen molar-refractivity contribution in [3.05, 3.63) is 69.2 Å². The molecule has 1 aliphatic heterocycles. The molecular formula is C23H23ClFN5O2S. The highest BCUT2D eigenvalue weighted by molar-refractivity contribution is 7.71. The molecule has 1 aliphatic rings. The fourth-order valence-electron chi connectivity index (χ4n) is 3.80. The molecule has 0 saturated carbocycles. The van der Waals surface area contributed by atoms with E-state index in [1.54, 1.807) is 9.80 Å². The Balaban J connectivity index is 1.35. The number of nitrogens with one attached hydrogen (secondary N) is 1. The molecule has 172 valence electrons. The largest absolute Gasteiger partial charge is 0.339 e. The Morgan fingerprint density at radius 3 is 2.45 bits per heavy atom. The van der Waals surface area contributed by atoms with Crippen LogP contribution in [0.1, 0.15) is 22.3 Å². The van der Waals surface area contributed by atoms with E-state index in [-0.39, 0.29) is 17.9 Å². The van der Waals surface area contributed by atoms with Crippen LogP contribution in [-0.4, -0.2) is 62.6 Å². The van der Waals surface area contributed by atoms with Crippen molar-refractivity contribution in [1.29, 1.82) is 0 Å². The van der Waals surface area contributed by atoms with Gasteiger partial charge in [-0.25, -0.2) is 4.39 Å². The molecule has 1 aromatic heterocycles. The van der Waals surface area contributed by atoms with E-state index in [2.05, 4.69) is 10.2 Å². The van der Waals surface area contributed by atoms with Gasteiger partial charge in [-0.15, -0.1) is 0 Å². The Kier molecular flexibility index (Phi) is 6.90. The SMILES string of the molecule is Cc1ccc(-c2n[nH]c(=S)n2CCC(=O)N2CCN(C(=O)c3cc(Cl)ccc3F)CC2)cc1. The average molecular weight is 488 g/mol. The van der Waals surface area contributed by atoms with Gasteiger partial charge in [0, 0.05) is 49.7 Å². The Morgan fingerprint density at radius 2 is 1.76 bits per heavy atom. The molecule has 10 heteroatoms. The molecule has 33 heavy (non-hydrogen) atoms. The fourth-order valence-corrected chi connectivity index (χ4v) is 4.20. The number of carbonyl (C=O) groups is 2. The van der Waals surface area contributed by atoms with Crippen molar-refractivity contribution < 1.29 is 14.0 Å². The van der Waals surface area contributed by atoms with Gasteiger partial charge in [-0.2, -0.15) is 5.10 Å². The van der Waals surface area contributed by atoms with Crippen molar-refractivity contribution in [2.24, 2.45) is 0 Å². The van der Waals surface area contributed by atoms with E-state index in [1.807, 2.05) is 35.8 Å². The minimum Gasteiger partial charge on any atom is -0.339 e. The van der Waals surface area contributed by atoms with Crippen LogP contribution in [-0.2, 0) is 11.3 Å². The molecular weight excluding hydrogens is 465 g/mol. The van der Waals surface area contributed by atoms with Crippen molar-refractivity contribution >= 4 is 35.6 Å². The molecule has 0 unspecified atom stereocenters. The van der Waals surface area contributed by atoms with E-state index < -0.39 is 11.7 Å². The highest BCUT2D eigenvalue weighted by atomic mass is 35.5. The number of carbonyl (C=O) groups excluding carboxylic acids is 2. The number of aromatic nitrogens is 3. The van der Waals surface area contributed by atoms with Gasteiger partial charge in [-0.3, -0.25) is 19.3 Å². The number of H-pyrrole nitrogens is 1. The van der Waals surface area contributed by atoms with Gasteiger partial charge in [0.15, 0.2) is 10.6 Å². The van der Waals surface area contributed by atoms with Gasteiger partial charge in [0.2, 0.25) is 5.91 Å². The Hall–Kier alpha value is -3.04. The summed E-state index contributed by atoms with van der Waals surface area (Å²) in [5.41, 5.74) is 2.01. The van der Waals surface area contributed by atoms with Crippen molar-refractivity contribution in [2.75, 3.05) is 26.2 Å². The van der Waals surface area contributed by atoms with Gasteiger partial charge >= 0.3 is 0 Å². The first-order valence-electron chi connectivity index (χ1n) is 10.6. The smallest absolute Gasteiger partial charge is 0.257 e. The molecule has 0 radical (unpaired) electrons. The van der Waals surface area contributed by atoms with Crippen LogP contribution >= 0.6 is 23.8 Å². The van der Waals surface area contributed by atoms with E-state index in [9.17, 15) is 14.0 Å². The molecule has 7 nitrogen and oxygen atoms in total. The van der Waals surface area contributed by atoms with Gasteiger partial charge in [0.05, 0.1) is 5.56 Å². The number of piperazine rings is 1. The number of halogens is 2.